The van der Waals surface area contributed by atoms with Crippen molar-refractivity contribution in [3.8, 4) is 0 Å². The summed E-state index contributed by atoms with van der Waals surface area (Å²) in [6.45, 7) is 7.00. The Morgan fingerprint density at radius 2 is 1.89 bits per heavy atom. The molecule has 4 heteroatoms. The Hall–Kier alpha value is -0.800. The van der Waals surface area contributed by atoms with Gasteiger partial charge in [-0.25, -0.2) is 4.68 Å². The third-order valence-corrected chi connectivity index (χ3v) is 3.86. The zero-order chi connectivity index (χ0) is 13.3. The van der Waals surface area contributed by atoms with Gasteiger partial charge >= 0.3 is 0 Å². The van der Waals surface area contributed by atoms with Crippen molar-refractivity contribution in [1.82, 2.24) is 9.78 Å². The van der Waals surface area contributed by atoms with E-state index in [-0.39, 0.29) is 0 Å². The van der Waals surface area contributed by atoms with Crippen molar-refractivity contribution in [3.63, 3.8) is 0 Å². The fraction of sp³-hybridized carbons (Fsp3) is 0.357. The van der Waals surface area contributed by atoms with Crippen LogP contribution in [0, 0.1) is 6.92 Å². The first-order chi connectivity index (χ1) is 8.49. The smallest absolute Gasteiger partial charge is 0.131 e. The fourth-order valence-electron chi connectivity index (χ4n) is 2.09. The lowest BCUT2D eigenvalue weighted by atomic mass is 10.1. The van der Waals surface area contributed by atoms with Crippen molar-refractivity contribution in [1.29, 1.82) is 0 Å². The Bertz CT molecular complexity index is 544. The molecule has 0 radical (unpaired) electrons. The first-order valence-corrected chi connectivity index (χ1v) is 7.13. The molecule has 0 spiro atoms. The Labute approximate surface area is 121 Å². The van der Waals surface area contributed by atoms with Crippen LogP contribution in [-0.4, -0.2) is 9.78 Å². The first kappa shape index (κ1) is 13.6. The number of aromatic nitrogens is 2. The molecule has 0 aliphatic carbocycles. The molecule has 0 aliphatic heterocycles. The molecule has 0 aliphatic rings. The van der Waals surface area contributed by atoms with Crippen molar-refractivity contribution in [2.75, 3.05) is 0 Å². The summed E-state index contributed by atoms with van der Waals surface area (Å²) in [4.78, 5) is 0. The van der Waals surface area contributed by atoms with Crippen LogP contribution in [0.1, 0.15) is 36.6 Å². The van der Waals surface area contributed by atoms with Crippen LogP contribution in [-0.2, 0) is 6.54 Å². The second-order valence-corrected chi connectivity index (χ2v) is 6.00. The van der Waals surface area contributed by atoms with E-state index in [1.165, 1.54) is 5.56 Å². The molecule has 2 aromatic rings. The summed E-state index contributed by atoms with van der Waals surface area (Å²) in [7, 11) is 0. The average Bonchev–Trinajstić information content (AvgIpc) is 2.57. The molecule has 0 saturated carbocycles. The summed E-state index contributed by atoms with van der Waals surface area (Å²) < 4.78 is 2.95. The van der Waals surface area contributed by atoms with Crippen LogP contribution >= 0.6 is 27.5 Å². The highest BCUT2D eigenvalue weighted by atomic mass is 79.9. The summed E-state index contributed by atoms with van der Waals surface area (Å²) in [5.41, 5.74) is 3.36. The summed E-state index contributed by atoms with van der Waals surface area (Å²) in [5.74, 6) is 0.399. The monoisotopic (exact) mass is 326 g/mol. The molecule has 96 valence electrons. The van der Waals surface area contributed by atoms with Gasteiger partial charge in [0.05, 0.1) is 12.2 Å². The minimum Gasteiger partial charge on any atom is -0.249 e. The van der Waals surface area contributed by atoms with Crippen molar-refractivity contribution < 1.29 is 0 Å². The molecular formula is C14H16BrClN2. The number of aryl methyl sites for hydroxylation is 1. The lowest BCUT2D eigenvalue weighted by molar-refractivity contribution is 0.679. The predicted molar refractivity (Wildman–Crippen MR) is 79.3 cm³/mol. The van der Waals surface area contributed by atoms with E-state index in [4.69, 9.17) is 11.6 Å². The molecule has 0 fully saturated rings. The molecular weight excluding hydrogens is 312 g/mol. The number of hydrogen-bond donors (Lipinski definition) is 0. The van der Waals surface area contributed by atoms with Gasteiger partial charge in [0.2, 0.25) is 0 Å². The van der Waals surface area contributed by atoms with Crippen LogP contribution in [0.25, 0.3) is 0 Å². The van der Waals surface area contributed by atoms with Crippen LogP contribution in [0.15, 0.2) is 28.7 Å². The minimum atomic E-state index is 0.399. The lowest BCUT2D eigenvalue weighted by Gasteiger charge is -2.06. The normalized spacial score (nSPS) is 11.2. The maximum atomic E-state index is 6.40. The van der Waals surface area contributed by atoms with Gasteiger partial charge in [0, 0.05) is 10.0 Å². The van der Waals surface area contributed by atoms with Crippen LogP contribution < -0.4 is 0 Å². The maximum Gasteiger partial charge on any atom is 0.131 e. The van der Waals surface area contributed by atoms with Gasteiger partial charge in [-0.05, 0) is 30.5 Å². The second-order valence-electron chi connectivity index (χ2n) is 4.73. The van der Waals surface area contributed by atoms with Crippen LogP contribution in [0.2, 0.25) is 5.15 Å². The molecule has 0 atom stereocenters. The molecule has 0 amide bonds. The summed E-state index contributed by atoms with van der Waals surface area (Å²) in [6.07, 6.45) is 0. The van der Waals surface area contributed by atoms with E-state index in [9.17, 15) is 0 Å². The van der Waals surface area contributed by atoms with Crippen molar-refractivity contribution >= 4 is 27.5 Å². The Kier molecular flexibility index (Phi) is 4.13. The molecule has 2 nitrogen and oxygen atoms in total. The molecule has 1 aromatic heterocycles. The maximum absolute atomic E-state index is 6.40. The highest BCUT2D eigenvalue weighted by Crippen LogP contribution is 2.27. The van der Waals surface area contributed by atoms with Crippen molar-refractivity contribution in [2.24, 2.45) is 0 Å². The topological polar surface area (TPSA) is 17.8 Å². The van der Waals surface area contributed by atoms with Crippen LogP contribution in [0.4, 0.5) is 0 Å². The molecule has 0 bridgehead atoms. The number of hydrogen-bond acceptors (Lipinski definition) is 1. The Morgan fingerprint density at radius 3 is 2.39 bits per heavy atom. The zero-order valence-corrected chi connectivity index (χ0v) is 13.1. The number of rotatable bonds is 3. The highest BCUT2D eigenvalue weighted by molar-refractivity contribution is 9.10. The molecule has 1 heterocycles. The third kappa shape index (κ3) is 2.78. The van der Waals surface area contributed by atoms with Crippen LogP contribution in [0.5, 0.6) is 0 Å². The predicted octanol–water partition coefficient (Wildman–Crippen LogP) is 4.78. The second kappa shape index (κ2) is 5.45. The molecule has 1 aromatic carbocycles. The molecule has 2 rings (SSSR count). The quantitative estimate of drug-likeness (QED) is 0.793. The zero-order valence-electron chi connectivity index (χ0n) is 10.7. The number of nitrogens with zero attached hydrogens (tertiary/aromatic N) is 2. The van der Waals surface area contributed by atoms with E-state index in [0.717, 1.165) is 20.9 Å². The Morgan fingerprint density at radius 1 is 1.28 bits per heavy atom. The van der Waals surface area contributed by atoms with E-state index >= 15 is 0 Å². The van der Waals surface area contributed by atoms with Gasteiger partial charge in [-0.1, -0.05) is 53.5 Å². The number of halogens is 2. The van der Waals surface area contributed by atoms with E-state index in [1.807, 2.05) is 23.7 Å². The molecule has 0 saturated heterocycles. The standard InChI is InChI=1S/C14H16BrClN2/c1-9(2)13-10(3)17-18(14(13)16)8-11-4-6-12(15)7-5-11/h4-7,9H,8H2,1-3H3. The third-order valence-electron chi connectivity index (χ3n) is 2.93. The Balaban J connectivity index is 2.30. The fourth-order valence-corrected chi connectivity index (χ4v) is 2.81. The van der Waals surface area contributed by atoms with Gasteiger partial charge in [-0.15, -0.1) is 0 Å². The van der Waals surface area contributed by atoms with Crippen LogP contribution in [0.3, 0.4) is 0 Å². The van der Waals surface area contributed by atoms with Gasteiger partial charge in [0.1, 0.15) is 5.15 Å². The minimum absolute atomic E-state index is 0.399. The molecule has 18 heavy (non-hydrogen) atoms. The highest BCUT2D eigenvalue weighted by Gasteiger charge is 2.16. The summed E-state index contributed by atoms with van der Waals surface area (Å²) in [5, 5.41) is 5.28. The van der Waals surface area contributed by atoms with E-state index in [2.05, 4.69) is 47.0 Å². The van der Waals surface area contributed by atoms with Crippen molar-refractivity contribution in [2.45, 2.75) is 33.2 Å². The molecule has 0 N–H and O–H groups in total. The summed E-state index contributed by atoms with van der Waals surface area (Å²) in [6, 6.07) is 8.21. The van der Waals surface area contributed by atoms with Gasteiger partial charge in [-0.2, -0.15) is 5.10 Å². The van der Waals surface area contributed by atoms with E-state index in [0.29, 0.717) is 12.5 Å². The van der Waals surface area contributed by atoms with Crippen molar-refractivity contribution in [3.05, 3.63) is 50.7 Å². The largest absolute Gasteiger partial charge is 0.249 e. The average molecular weight is 328 g/mol. The first-order valence-electron chi connectivity index (χ1n) is 5.96. The SMILES string of the molecule is Cc1nn(Cc2ccc(Br)cc2)c(Cl)c1C(C)C. The summed E-state index contributed by atoms with van der Waals surface area (Å²) >= 11 is 9.83. The van der Waals surface area contributed by atoms with Gasteiger partial charge in [-0.3, -0.25) is 0 Å². The number of benzene rings is 1. The lowest BCUT2D eigenvalue weighted by Crippen LogP contribution is -2.02. The van der Waals surface area contributed by atoms with E-state index < -0.39 is 0 Å². The van der Waals surface area contributed by atoms with Gasteiger partial charge in [0.25, 0.3) is 0 Å². The molecule has 0 unspecified atom stereocenters. The van der Waals surface area contributed by atoms with E-state index in [1.54, 1.807) is 0 Å². The van der Waals surface area contributed by atoms with Gasteiger partial charge in [0.15, 0.2) is 0 Å². The van der Waals surface area contributed by atoms with Gasteiger partial charge < -0.3 is 0 Å².